The van der Waals surface area contributed by atoms with Crippen molar-refractivity contribution in [2.45, 2.75) is 13.0 Å². The molecular formula is C21H22N4O3. The van der Waals surface area contributed by atoms with E-state index >= 15 is 0 Å². The Morgan fingerprint density at radius 1 is 1.07 bits per heavy atom. The van der Waals surface area contributed by atoms with Gasteiger partial charge in [-0.25, -0.2) is 0 Å². The van der Waals surface area contributed by atoms with Crippen LogP contribution in [0.4, 0.5) is 11.4 Å². The second kappa shape index (κ2) is 8.22. The fourth-order valence-electron chi connectivity index (χ4n) is 3.42. The normalized spacial score (nSPS) is 14.2. The highest BCUT2D eigenvalue weighted by atomic mass is 16.5. The summed E-state index contributed by atoms with van der Waals surface area (Å²) in [6.07, 6.45) is 1.56. The summed E-state index contributed by atoms with van der Waals surface area (Å²) in [5, 5.41) is 7.80. The number of para-hydroxylation sites is 3. The summed E-state index contributed by atoms with van der Waals surface area (Å²) in [4.78, 5) is 26.7. The van der Waals surface area contributed by atoms with Gasteiger partial charge in [0.1, 0.15) is 0 Å². The number of nitrogens with one attached hydrogen (secondary N) is 1. The molecule has 0 bridgehead atoms. The first-order valence-electron chi connectivity index (χ1n) is 9.39. The Morgan fingerprint density at radius 2 is 1.82 bits per heavy atom. The Bertz CT molecular complexity index is 1040. The molecule has 0 aliphatic carbocycles. The third-order valence-corrected chi connectivity index (χ3v) is 4.84. The van der Waals surface area contributed by atoms with E-state index in [1.807, 2.05) is 42.5 Å². The third kappa shape index (κ3) is 3.89. The number of amides is 1. The molecule has 4 rings (SSSR count). The second-order valence-corrected chi connectivity index (χ2v) is 6.66. The van der Waals surface area contributed by atoms with Crippen molar-refractivity contribution in [3.63, 3.8) is 0 Å². The third-order valence-electron chi connectivity index (χ3n) is 4.84. The minimum absolute atomic E-state index is 0.0923. The first kappa shape index (κ1) is 18.2. The van der Waals surface area contributed by atoms with Crippen LogP contribution in [0.25, 0.3) is 10.9 Å². The van der Waals surface area contributed by atoms with Gasteiger partial charge in [0, 0.05) is 24.9 Å². The van der Waals surface area contributed by atoms with Crippen molar-refractivity contribution in [2.75, 3.05) is 36.5 Å². The molecule has 1 aromatic heterocycles. The fourth-order valence-corrected chi connectivity index (χ4v) is 3.42. The molecule has 1 saturated heterocycles. The number of benzene rings is 2. The number of aromatic nitrogens is 2. The van der Waals surface area contributed by atoms with Crippen LogP contribution in [-0.4, -0.2) is 42.0 Å². The number of aryl methyl sites for hydroxylation is 1. The zero-order valence-corrected chi connectivity index (χ0v) is 15.5. The molecule has 1 fully saturated rings. The average Bonchev–Trinajstić information content (AvgIpc) is 2.74. The standard InChI is InChI=1S/C21H22N4O3/c26-20-15-22-25(18-7-3-1-5-16(18)20)10-9-21(27)23-17-6-2-4-8-19(17)24-11-13-28-14-12-24/h1-8,15H,9-14H2,(H,23,27). The SMILES string of the molecule is O=C(CCn1ncc(=O)c2ccccc21)Nc1ccccc1N1CCOCC1. The monoisotopic (exact) mass is 378 g/mol. The summed E-state index contributed by atoms with van der Waals surface area (Å²) in [6, 6.07) is 15.1. The van der Waals surface area contributed by atoms with Gasteiger partial charge in [-0.15, -0.1) is 0 Å². The van der Waals surface area contributed by atoms with Crippen LogP contribution < -0.4 is 15.6 Å². The van der Waals surface area contributed by atoms with E-state index in [0.29, 0.717) is 25.1 Å². The molecule has 144 valence electrons. The Kier molecular flexibility index (Phi) is 5.34. The first-order chi connectivity index (χ1) is 13.7. The Labute approximate surface area is 162 Å². The topological polar surface area (TPSA) is 76.5 Å². The summed E-state index contributed by atoms with van der Waals surface area (Å²) in [5.41, 5.74) is 2.42. The van der Waals surface area contributed by atoms with Crippen molar-refractivity contribution in [1.82, 2.24) is 9.78 Å². The van der Waals surface area contributed by atoms with E-state index in [0.717, 1.165) is 30.0 Å². The molecule has 0 spiro atoms. The number of rotatable bonds is 5. The van der Waals surface area contributed by atoms with Crippen LogP contribution >= 0.6 is 0 Å². The maximum atomic E-state index is 12.6. The fraction of sp³-hybridized carbons (Fsp3) is 0.286. The smallest absolute Gasteiger partial charge is 0.226 e. The number of morpholine rings is 1. The number of carbonyl (C=O) groups is 1. The lowest BCUT2D eigenvalue weighted by Gasteiger charge is -2.30. The highest BCUT2D eigenvalue weighted by molar-refractivity contribution is 5.94. The van der Waals surface area contributed by atoms with Gasteiger partial charge in [-0.2, -0.15) is 5.10 Å². The van der Waals surface area contributed by atoms with E-state index in [4.69, 9.17) is 4.74 Å². The zero-order chi connectivity index (χ0) is 19.3. The van der Waals surface area contributed by atoms with Crippen LogP contribution in [-0.2, 0) is 16.1 Å². The first-order valence-corrected chi connectivity index (χ1v) is 9.39. The second-order valence-electron chi connectivity index (χ2n) is 6.66. The van der Waals surface area contributed by atoms with Crippen LogP contribution in [0.1, 0.15) is 6.42 Å². The van der Waals surface area contributed by atoms with Crippen LogP contribution in [0.2, 0.25) is 0 Å². The Hall–Kier alpha value is -3.19. The van der Waals surface area contributed by atoms with Gasteiger partial charge < -0.3 is 15.0 Å². The Balaban J connectivity index is 1.46. The minimum atomic E-state index is -0.115. The van der Waals surface area contributed by atoms with Gasteiger partial charge in [0.25, 0.3) is 0 Å². The lowest BCUT2D eigenvalue weighted by Crippen LogP contribution is -2.36. The van der Waals surface area contributed by atoms with Gasteiger partial charge in [0.05, 0.1) is 42.8 Å². The van der Waals surface area contributed by atoms with Crippen LogP contribution in [0.3, 0.4) is 0 Å². The predicted molar refractivity (Wildman–Crippen MR) is 109 cm³/mol. The quantitative estimate of drug-likeness (QED) is 0.737. The molecule has 1 amide bonds. The van der Waals surface area contributed by atoms with Crippen molar-refractivity contribution < 1.29 is 9.53 Å². The van der Waals surface area contributed by atoms with E-state index in [2.05, 4.69) is 15.3 Å². The van der Waals surface area contributed by atoms with E-state index in [-0.39, 0.29) is 17.8 Å². The summed E-state index contributed by atoms with van der Waals surface area (Å²) in [5.74, 6) is -0.0923. The highest BCUT2D eigenvalue weighted by Crippen LogP contribution is 2.26. The molecule has 28 heavy (non-hydrogen) atoms. The molecule has 0 saturated carbocycles. The number of carbonyl (C=O) groups excluding carboxylic acids is 1. The Morgan fingerprint density at radius 3 is 2.68 bits per heavy atom. The number of hydrogen-bond acceptors (Lipinski definition) is 5. The molecule has 0 radical (unpaired) electrons. The maximum Gasteiger partial charge on any atom is 0.226 e. The summed E-state index contributed by atoms with van der Waals surface area (Å²) >= 11 is 0. The molecule has 1 aliphatic heterocycles. The van der Waals surface area contributed by atoms with Gasteiger partial charge in [0.2, 0.25) is 11.3 Å². The molecule has 3 aromatic rings. The van der Waals surface area contributed by atoms with Gasteiger partial charge in [-0.3, -0.25) is 14.3 Å². The van der Waals surface area contributed by atoms with Gasteiger partial charge in [0.15, 0.2) is 0 Å². The molecule has 7 nitrogen and oxygen atoms in total. The maximum absolute atomic E-state index is 12.6. The van der Waals surface area contributed by atoms with Crippen molar-refractivity contribution in [1.29, 1.82) is 0 Å². The molecule has 2 aromatic carbocycles. The number of hydrogen-bond donors (Lipinski definition) is 1. The van der Waals surface area contributed by atoms with Crippen LogP contribution in [0.15, 0.2) is 59.5 Å². The van der Waals surface area contributed by atoms with Gasteiger partial charge in [-0.05, 0) is 24.3 Å². The number of anilines is 2. The van der Waals surface area contributed by atoms with Gasteiger partial charge in [-0.1, -0.05) is 24.3 Å². The number of nitrogens with zero attached hydrogens (tertiary/aromatic N) is 3. The van der Waals surface area contributed by atoms with Crippen LogP contribution in [0, 0.1) is 0 Å². The molecule has 1 N–H and O–H groups in total. The number of ether oxygens (including phenoxy) is 1. The van der Waals surface area contributed by atoms with E-state index in [9.17, 15) is 9.59 Å². The van der Waals surface area contributed by atoms with Crippen molar-refractivity contribution >= 4 is 28.2 Å². The van der Waals surface area contributed by atoms with E-state index < -0.39 is 0 Å². The summed E-state index contributed by atoms with van der Waals surface area (Å²) in [6.45, 7) is 3.38. The molecule has 7 heteroatoms. The zero-order valence-electron chi connectivity index (χ0n) is 15.5. The molecule has 0 atom stereocenters. The lowest BCUT2D eigenvalue weighted by atomic mass is 10.2. The van der Waals surface area contributed by atoms with E-state index in [1.165, 1.54) is 6.20 Å². The summed E-state index contributed by atoms with van der Waals surface area (Å²) in [7, 11) is 0. The molecular weight excluding hydrogens is 356 g/mol. The minimum Gasteiger partial charge on any atom is -0.378 e. The van der Waals surface area contributed by atoms with Gasteiger partial charge >= 0.3 is 0 Å². The lowest BCUT2D eigenvalue weighted by molar-refractivity contribution is -0.116. The van der Waals surface area contributed by atoms with E-state index in [1.54, 1.807) is 10.7 Å². The largest absolute Gasteiger partial charge is 0.378 e. The molecule has 0 unspecified atom stereocenters. The van der Waals surface area contributed by atoms with Crippen molar-refractivity contribution in [2.24, 2.45) is 0 Å². The summed E-state index contributed by atoms with van der Waals surface area (Å²) < 4.78 is 7.11. The average molecular weight is 378 g/mol. The van der Waals surface area contributed by atoms with Crippen LogP contribution in [0.5, 0.6) is 0 Å². The van der Waals surface area contributed by atoms with Crippen molar-refractivity contribution in [3.8, 4) is 0 Å². The van der Waals surface area contributed by atoms with Crippen molar-refractivity contribution in [3.05, 3.63) is 65.0 Å². The predicted octanol–water partition coefficient (Wildman–Crippen LogP) is 2.26. The highest BCUT2D eigenvalue weighted by Gasteiger charge is 2.16. The molecule has 1 aliphatic rings. The molecule has 2 heterocycles. The number of fused-ring (bicyclic) bond motifs is 1.